The van der Waals surface area contributed by atoms with Crippen LogP contribution < -0.4 is 4.90 Å². The summed E-state index contributed by atoms with van der Waals surface area (Å²) < 4.78 is 3.83. The van der Waals surface area contributed by atoms with Crippen molar-refractivity contribution in [2.75, 3.05) is 24.5 Å². The van der Waals surface area contributed by atoms with Crippen molar-refractivity contribution in [3.63, 3.8) is 0 Å². The number of rotatable bonds is 3. The van der Waals surface area contributed by atoms with Crippen LogP contribution in [0.1, 0.15) is 29.2 Å². The normalized spacial score (nSPS) is 17.9. The highest BCUT2D eigenvalue weighted by atomic mass is 16.2. The summed E-state index contributed by atoms with van der Waals surface area (Å²) in [5.74, 6) is 0.211. The van der Waals surface area contributed by atoms with Crippen LogP contribution in [0.15, 0.2) is 49.1 Å². The molecule has 0 radical (unpaired) electrons. The van der Waals surface area contributed by atoms with Gasteiger partial charge in [0.2, 0.25) is 5.91 Å². The molecule has 0 aliphatic carbocycles. The van der Waals surface area contributed by atoms with Crippen LogP contribution in [0.4, 0.5) is 5.69 Å². The van der Waals surface area contributed by atoms with Crippen molar-refractivity contribution in [3.05, 3.63) is 54.6 Å². The topological polar surface area (TPSA) is 62.9 Å². The van der Waals surface area contributed by atoms with Crippen LogP contribution >= 0.6 is 0 Å². The van der Waals surface area contributed by atoms with Crippen LogP contribution in [-0.2, 0) is 4.79 Å². The quantitative estimate of drug-likeness (QED) is 0.726. The zero-order valence-electron chi connectivity index (χ0n) is 14.3. The number of amides is 2. The van der Waals surface area contributed by atoms with E-state index in [1.54, 1.807) is 11.1 Å². The van der Waals surface area contributed by atoms with E-state index in [0.717, 1.165) is 24.2 Å². The van der Waals surface area contributed by atoms with Crippen LogP contribution in [0.3, 0.4) is 0 Å². The molecule has 2 fully saturated rings. The Hall–Kier alpha value is -3.09. The predicted octanol–water partition coefficient (Wildman–Crippen LogP) is 1.96. The SMILES string of the molecule is O=C(c1cc2ccccn2c1)N1CC(n2cc(N3CCCC3=O)cn2)C1. The first kappa shape index (κ1) is 15.2. The van der Waals surface area contributed by atoms with Crippen LogP contribution in [0.25, 0.3) is 5.52 Å². The lowest BCUT2D eigenvalue weighted by Gasteiger charge is -2.39. The summed E-state index contributed by atoms with van der Waals surface area (Å²) in [6, 6.07) is 7.98. The summed E-state index contributed by atoms with van der Waals surface area (Å²) in [6.07, 6.45) is 8.99. The van der Waals surface area contributed by atoms with E-state index < -0.39 is 0 Å². The molecule has 5 heterocycles. The number of aromatic nitrogens is 3. The number of carbonyl (C=O) groups excluding carboxylic acids is 2. The number of fused-ring (bicyclic) bond motifs is 1. The van der Waals surface area contributed by atoms with Gasteiger partial charge in [0, 0.05) is 50.2 Å². The zero-order valence-corrected chi connectivity index (χ0v) is 14.3. The number of pyridine rings is 1. The molecule has 0 N–H and O–H groups in total. The van der Waals surface area contributed by atoms with Gasteiger partial charge in [0.05, 0.1) is 23.5 Å². The maximum Gasteiger partial charge on any atom is 0.255 e. The molecule has 2 amide bonds. The van der Waals surface area contributed by atoms with E-state index in [-0.39, 0.29) is 17.9 Å². The van der Waals surface area contributed by atoms with E-state index in [2.05, 4.69) is 5.10 Å². The fraction of sp³-hybridized carbons (Fsp3) is 0.316. The number of likely N-dealkylation sites (tertiary alicyclic amines) is 1. The Morgan fingerprint density at radius 1 is 1.19 bits per heavy atom. The molecule has 5 rings (SSSR count). The fourth-order valence-electron chi connectivity index (χ4n) is 3.73. The summed E-state index contributed by atoms with van der Waals surface area (Å²) in [6.45, 7) is 2.04. The highest BCUT2D eigenvalue weighted by molar-refractivity contribution is 5.96. The fourth-order valence-corrected chi connectivity index (χ4v) is 3.73. The van der Waals surface area contributed by atoms with Gasteiger partial charge in [-0.2, -0.15) is 5.10 Å². The Kier molecular flexibility index (Phi) is 3.34. The van der Waals surface area contributed by atoms with Gasteiger partial charge in [-0.25, -0.2) is 0 Å². The molecule has 0 atom stereocenters. The van der Waals surface area contributed by atoms with Gasteiger partial charge in [-0.15, -0.1) is 0 Å². The molecular formula is C19H19N5O2. The Morgan fingerprint density at radius 2 is 2.08 bits per heavy atom. The third kappa shape index (κ3) is 2.39. The lowest BCUT2D eigenvalue weighted by atomic mass is 10.1. The summed E-state index contributed by atoms with van der Waals surface area (Å²) in [7, 11) is 0. The molecule has 0 aromatic carbocycles. The van der Waals surface area contributed by atoms with E-state index in [1.165, 1.54) is 0 Å². The summed E-state index contributed by atoms with van der Waals surface area (Å²) >= 11 is 0. The standard InChI is InChI=1S/C19H19N5O2/c25-18-5-3-7-23(18)16-9-20-24(13-16)17-11-22(12-17)19(26)14-8-15-4-1-2-6-21(15)10-14/h1-2,4,6,8-10,13,17H,3,5,7,11-12H2. The van der Waals surface area contributed by atoms with Crippen LogP contribution in [0, 0.1) is 0 Å². The van der Waals surface area contributed by atoms with E-state index in [0.29, 0.717) is 25.1 Å². The maximum atomic E-state index is 12.7. The Balaban J connectivity index is 1.26. The Bertz CT molecular complexity index is 965. The lowest BCUT2D eigenvalue weighted by molar-refractivity contribution is -0.117. The van der Waals surface area contributed by atoms with Gasteiger partial charge >= 0.3 is 0 Å². The lowest BCUT2D eigenvalue weighted by Crippen LogP contribution is -2.50. The largest absolute Gasteiger partial charge is 0.334 e. The first-order valence-corrected chi connectivity index (χ1v) is 8.89. The molecule has 7 heteroatoms. The second-order valence-corrected chi connectivity index (χ2v) is 6.95. The average molecular weight is 349 g/mol. The van der Waals surface area contributed by atoms with Gasteiger partial charge in [-0.05, 0) is 24.6 Å². The van der Waals surface area contributed by atoms with Crippen LogP contribution in [0.2, 0.25) is 0 Å². The minimum absolute atomic E-state index is 0.0482. The second-order valence-electron chi connectivity index (χ2n) is 6.95. The highest BCUT2D eigenvalue weighted by Crippen LogP contribution is 2.27. The van der Waals surface area contributed by atoms with Gasteiger partial charge in [0.1, 0.15) is 0 Å². The Labute approximate surface area is 150 Å². The third-order valence-electron chi connectivity index (χ3n) is 5.25. The second kappa shape index (κ2) is 5.72. The molecule has 0 unspecified atom stereocenters. The monoisotopic (exact) mass is 349 g/mol. The summed E-state index contributed by atoms with van der Waals surface area (Å²) in [4.78, 5) is 28.1. The number of hydrogen-bond donors (Lipinski definition) is 0. The third-order valence-corrected chi connectivity index (χ3v) is 5.25. The molecule has 0 spiro atoms. The first-order valence-electron chi connectivity index (χ1n) is 8.89. The summed E-state index contributed by atoms with van der Waals surface area (Å²) in [5.41, 5.74) is 2.58. The molecule has 2 saturated heterocycles. The van der Waals surface area contributed by atoms with E-state index >= 15 is 0 Å². The predicted molar refractivity (Wildman–Crippen MR) is 96.2 cm³/mol. The van der Waals surface area contributed by atoms with Crippen LogP contribution in [-0.4, -0.2) is 50.5 Å². The van der Waals surface area contributed by atoms with Gasteiger partial charge in [0.15, 0.2) is 0 Å². The van der Waals surface area contributed by atoms with Gasteiger partial charge < -0.3 is 14.2 Å². The molecule has 0 saturated carbocycles. The van der Waals surface area contributed by atoms with E-state index in [4.69, 9.17) is 0 Å². The molecule has 3 aromatic heterocycles. The molecule has 0 bridgehead atoms. The van der Waals surface area contributed by atoms with Crippen molar-refractivity contribution >= 4 is 23.0 Å². The molecule has 2 aliphatic heterocycles. The maximum absolute atomic E-state index is 12.7. The molecule has 3 aromatic rings. The summed E-state index contributed by atoms with van der Waals surface area (Å²) in [5, 5.41) is 4.40. The van der Waals surface area contributed by atoms with Crippen molar-refractivity contribution < 1.29 is 9.59 Å². The minimum Gasteiger partial charge on any atom is -0.334 e. The number of anilines is 1. The Morgan fingerprint density at radius 3 is 2.85 bits per heavy atom. The molecule has 26 heavy (non-hydrogen) atoms. The van der Waals surface area contributed by atoms with Crippen molar-refractivity contribution in [2.45, 2.75) is 18.9 Å². The smallest absolute Gasteiger partial charge is 0.255 e. The number of nitrogens with zero attached hydrogens (tertiary/aromatic N) is 5. The van der Waals surface area contributed by atoms with Crippen molar-refractivity contribution in [1.29, 1.82) is 0 Å². The van der Waals surface area contributed by atoms with Gasteiger partial charge in [-0.1, -0.05) is 6.07 Å². The molecule has 7 nitrogen and oxygen atoms in total. The van der Waals surface area contributed by atoms with Crippen molar-refractivity contribution in [3.8, 4) is 0 Å². The van der Waals surface area contributed by atoms with Crippen molar-refractivity contribution in [1.82, 2.24) is 19.1 Å². The molecular weight excluding hydrogens is 330 g/mol. The van der Waals surface area contributed by atoms with Crippen LogP contribution in [0.5, 0.6) is 0 Å². The van der Waals surface area contributed by atoms with Gasteiger partial charge in [-0.3, -0.25) is 14.3 Å². The minimum atomic E-state index is 0.0482. The van der Waals surface area contributed by atoms with E-state index in [9.17, 15) is 9.59 Å². The molecule has 2 aliphatic rings. The van der Waals surface area contributed by atoms with Gasteiger partial charge in [0.25, 0.3) is 5.91 Å². The number of carbonyl (C=O) groups is 2. The zero-order chi connectivity index (χ0) is 17.7. The average Bonchev–Trinajstić information content (AvgIpc) is 3.31. The first-order chi connectivity index (χ1) is 12.7. The van der Waals surface area contributed by atoms with Crippen molar-refractivity contribution in [2.24, 2.45) is 0 Å². The highest BCUT2D eigenvalue weighted by Gasteiger charge is 2.34. The molecule has 132 valence electrons. The number of hydrogen-bond acceptors (Lipinski definition) is 3. The van der Waals surface area contributed by atoms with E-state index in [1.807, 2.05) is 56.8 Å².